The molecule has 2 aliphatic heterocycles. The smallest absolute Gasteiger partial charge is 0.339 e. The van der Waals surface area contributed by atoms with Gasteiger partial charge in [0.2, 0.25) is 0 Å². The van der Waals surface area contributed by atoms with E-state index in [4.69, 9.17) is 9.16 Å². The van der Waals surface area contributed by atoms with E-state index in [1.54, 1.807) is 0 Å². The van der Waals surface area contributed by atoms with E-state index in [9.17, 15) is 4.79 Å². The Kier molecular flexibility index (Phi) is 5.13. The van der Waals surface area contributed by atoms with Gasteiger partial charge < -0.3 is 14.1 Å². The fourth-order valence-electron chi connectivity index (χ4n) is 3.92. The molecule has 3 atom stereocenters. The summed E-state index contributed by atoms with van der Waals surface area (Å²) in [4.78, 5) is 15.3. The summed E-state index contributed by atoms with van der Waals surface area (Å²) in [5.41, 5.74) is 0.890. The summed E-state index contributed by atoms with van der Waals surface area (Å²) in [5, 5.41) is 0. The Labute approximate surface area is 146 Å². The number of hydrogen-bond donors (Lipinski definition) is 0. The number of hydrogen-bond acceptors (Lipinski definition) is 4. The molecule has 0 aromatic heterocycles. The van der Waals surface area contributed by atoms with Crippen LogP contribution in [0.25, 0.3) is 0 Å². The van der Waals surface area contributed by atoms with E-state index >= 15 is 0 Å². The minimum atomic E-state index is -1.87. The maximum atomic E-state index is 12.9. The van der Waals surface area contributed by atoms with E-state index in [0.29, 0.717) is 12.1 Å². The van der Waals surface area contributed by atoms with Gasteiger partial charge in [-0.1, -0.05) is 30.3 Å². The molecule has 2 aliphatic rings. The average molecular weight is 348 g/mol. The number of carbonyl (C=O) groups is 1. The van der Waals surface area contributed by atoms with E-state index in [1.165, 1.54) is 12.8 Å². The summed E-state index contributed by atoms with van der Waals surface area (Å²) in [7, 11) is 0.330. The Morgan fingerprint density at radius 2 is 1.71 bits per heavy atom. The molecule has 0 spiro atoms. The van der Waals surface area contributed by atoms with Crippen molar-refractivity contribution in [3.8, 4) is 0 Å². The highest BCUT2D eigenvalue weighted by Crippen LogP contribution is 2.36. The van der Waals surface area contributed by atoms with Gasteiger partial charge in [-0.15, -0.1) is 0 Å². The first-order valence-corrected chi connectivity index (χ1v) is 12.4. The molecule has 5 heteroatoms. The van der Waals surface area contributed by atoms with Crippen LogP contribution in [0.4, 0.5) is 0 Å². The molecular weight excluding hydrogens is 318 g/mol. The minimum Gasteiger partial charge on any atom is -0.460 e. The van der Waals surface area contributed by atoms with Crippen LogP contribution in [0.3, 0.4) is 0 Å². The highest BCUT2D eigenvalue weighted by molar-refractivity contribution is 6.69. The summed E-state index contributed by atoms with van der Waals surface area (Å²) >= 11 is 0. The van der Waals surface area contributed by atoms with Crippen LogP contribution < -0.4 is 0 Å². The molecular formula is C19H29NO3Si. The second-order valence-electron chi connectivity index (χ2n) is 8.10. The Balaban J connectivity index is 1.70. The van der Waals surface area contributed by atoms with Gasteiger partial charge in [0.15, 0.2) is 14.4 Å². The van der Waals surface area contributed by atoms with Gasteiger partial charge in [-0.25, -0.2) is 4.79 Å². The Bertz CT molecular complexity index is 558. The minimum absolute atomic E-state index is 0.0302. The van der Waals surface area contributed by atoms with Gasteiger partial charge >= 0.3 is 5.97 Å². The highest BCUT2D eigenvalue weighted by atomic mass is 28.4. The molecule has 0 aliphatic carbocycles. The van der Waals surface area contributed by atoms with Gasteiger partial charge in [0.1, 0.15) is 6.10 Å². The third kappa shape index (κ3) is 4.07. The van der Waals surface area contributed by atoms with Crippen molar-refractivity contribution in [3.63, 3.8) is 0 Å². The van der Waals surface area contributed by atoms with Crippen molar-refractivity contribution in [3.05, 3.63) is 35.9 Å². The summed E-state index contributed by atoms with van der Waals surface area (Å²) in [6, 6.07) is 10.9. The SMILES string of the molecule is CN1C2CCC1CC(OC(=O)C(O[Si](C)(C)C)c1ccccc1)C2. The van der Waals surface area contributed by atoms with E-state index in [2.05, 4.69) is 31.6 Å². The molecule has 3 rings (SSSR count). The topological polar surface area (TPSA) is 38.8 Å². The van der Waals surface area contributed by atoms with Crippen molar-refractivity contribution in [2.45, 2.75) is 69.6 Å². The number of piperidine rings is 1. The van der Waals surface area contributed by atoms with Gasteiger partial charge in [-0.2, -0.15) is 0 Å². The molecule has 3 unspecified atom stereocenters. The van der Waals surface area contributed by atoms with Gasteiger partial charge in [0.25, 0.3) is 0 Å². The van der Waals surface area contributed by atoms with Gasteiger partial charge in [-0.3, -0.25) is 0 Å². The fraction of sp³-hybridized carbons (Fsp3) is 0.632. The first kappa shape index (κ1) is 17.6. The zero-order valence-electron chi connectivity index (χ0n) is 15.2. The molecule has 2 heterocycles. The molecule has 0 amide bonds. The van der Waals surface area contributed by atoms with E-state index < -0.39 is 14.4 Å². The monoisotopic (exact) mass is 347 g/mol. The van der Waals surface area contributed by atoms with E-state index in [0.717, 1.165) is 18.4 Å². The zero-order valence-corrected chi connectivity index (χ0v) is 16.2. The number of fused-ring (bicyclic) bond motifs is 2. The summed E-state index contributed by atoms with van der Waals surface area (Å²) in [6.45, 7) is 6.31. The molecule has 2 saturated heterocycles. The maximum absolute atomic E-state index is 12.9. The van der Waals surface area contributed by atoms with Gasteiger partial charge in [-0.05, 0) is 57.9 Å². The first-order valence-electron chi connectivity index (χ1n) is 8.98. The zero-order chi connectivity index (χ0) is 17.3. The fourth-order valence-corrected chi connectivity index (χ4v) is 4.86. The second-order valence-corrected chi connectivity index (χ2v) is 12.6. The Morgan fingerprint density at radius 1 is 1.12 bits per heavy atom. The number of rotatable bonds is 5. The standard InChI is InChI=1S/C19H29NO3Si/c1-20-15-10-11-16(20)13-17(12-15)22-19(21)18(23-24(2,3)4)14-8-6-5-7-9-14/h5-9,15-18H,10-13H2,1-4H3. The van der Waals surface area contributed by atoms with Crippen LogP contribution in [-0.4, -0.2) is 44.4 Å². The summed E-state index contributed by atoms with van der Waals surface area (Å²) in [5.74, 6) is -0.224. The average Bonchev–Trinajstić information content (AvgIpc) is 2.74. The van der Waals surface area contributed by atoms with Gasteiger partial charge in [0.05, 0.1) is 0 Å². The normalized spacial score (nSPS) is 28.6. The largest absolute Gasteiger partial charge is 0.460 e. The molecule has 1 aromatic rings. The van der Waals surface area contributed by atoms with Gasteiger partial charge in [0, 0.05) is 12.1 Å². The third-order valence-corrected chi connectivity index (χ3v) is 6.07. The molecule has 2 fully saturated rings. The second kappa shape index (κ2) is 6.98. The number of ether oxygens (including phenoxy) is 1. The van der Waals surface area contributed by atoms with Crippen molar-refractivity contribution in [2.24, 2.45) is 0 Å². The predicted molar refractivity (Wildman–Crippen MR) is 97.3 cm³/mol. The summed E-state index contributed by atoms with van der Waals surface area (Å²) in [6.07, 6.45) is 3.78. The molecule has 2 bridgehead atoms. The molecule has 4 nitrogen and oxygen atoms in total. The maximum Gasteiger partial charge on any atom is 0.339 e. The third-order valence-electron chi connectivity index (χ3n) is 5.13. The quantitative estimate of drug-likeness (QED) is 0.601. The highest BCUT2D eigenvalue weighted by Gasteiger charge is 2.41. The lowest BCUT2D eigenvalue weighted by Gasteiger charge is -2.36. The van der Waals surface area contributed by atoms with Crippen LogP contribution in [0.15, 0.2) is 30.3 Å². The predicted octanol–water partition coefficient (Wildman–Crippen LogP) is 3.75. The first-order chi connectivity index (χ1) is 11.3. The number of benzene rings is 1. The van der Waals surface area contributed by atoms with E-state index in [-0.39, 0.29) is 12.1 Å². The van der Waals surface area contributed by atoms with Crippen LogP contribution in [-0.2, 0) is 14.0 Å². The van der Waals surface area contributed by atoms with Crippen LogP contribution in [0.2, 0.25) is 19.6 Å². The molecule has 0 saturated carbocycles. The number of carbonyl (C=O) groups excluding carboxylic acids is 1. The number of esters is 1. The number of nitrogens with zero attached hydrogens (tertiary/aromatic N) is 1. The van der Waals surface area contributed by atoms with Crippen molar-refractivity contribution >= 4 is 14.3 Å². The lowest BCUT2D eigenvalue weighted by atomic mass is 10.0. The van der Waals surface area contributed by atoms with Crippen molar-refractivity contribution in [1.82, 2.24) is 4.90 Å². The van der Waals surface area contributed by atoms with Crippen molar-refractivity contribution in [1.29, 1.82) is 0 Å². The Morgan fingerprint density at radius 3 is 2.25 bits per heavy atom. The molecule has 24 heavy (non-hydrogen) atoms. The molecule has 0 N–H and O–H groups in total. The molecule has 0 radical (unpaired) electrons. The summed E-state index contributed by atoms with van der Waals surface area (Å²) < 4.78 is 12.1. The van der Waals surface area contributed by atoms with Crippen molar-refractivity contribution < 1.29 is 14.0 Å². The lowest BCUT2D eigenvalue weighted by Crippen LogP contribution is -2.44. The molecule has 132 valence electrons. The Hall–Kier alpha value is -1.17. The molecule has 1 aromatic carbocycles. The van der Waals surface area contributed by atoms with Crippen molar-refractivity contribution in [2.75, 3.05) is 7.05 Å². The van der Waals surface area contributed by atoms with Crippen LogP contribution in [0.5, 0.6) is 0 Å². The van der Waals surface area contributed by atoms with E-state index in [1.807, 2.05) is 30.3 Å². The lowest BCUT2D eigenvalue weighted by molar-refractivity contribution is -0.161. The van der Waals surface area contributed by atoms with Crippen LogP contribution in [0.1, 0.15) is 37.4 Å². The van der Waals surface area contributed by atoms with Crippen LogP contribution in [0, 0.1) is 0 Å². The van der Waals surface area contributed by atoms with Crippen LogP contribution >= 0.6 is 0 Å².